The van der Waals surface area contributed by atoms with E-state index in [1.165, 1.54) is 19.3 Å². The SMILES string of the molecule is CC(CCN)CNC1CCC(C)(C)C1. The Labute approximate surface area is 88.6 Å². The van der Waals surface area contributed by atoms with Gasteiger partial charge in [-0.3, -0.25) is 0 Å². The van der Waals surface area contributed by atoms with Crippen LogP contribution in [0, 0.1) is 11.3 Å². The van der Waals surface area contributed by atoms with Crippen LogP contribution >= 0.6 is 0 Å². The average Bonchev–Trinajstić information content (AvgIpc) is 2.43. The first-order valence-corrected chi connectivity index (χ1v) is 5.97. The fourth-order valence-electron chi connectivity index (χ4n) is 2.36. The zero-order valence-corrected chi connectivity index (χ0v) is 9.97. The van der Waals surface area contributed by atoms with Crippen molar-refractivity contribution in [3.05, 3.63) is 0 Å². The molecule has 2 unspecified atom stereocenters. The molecule has 2 atom stereocenters. The summed E-state index contributed by atoms with van der Waals surface area (Å²) in [4.78, 5) is 0. The molecule has 14 heavy (non-hydrogen) atoms. The molecule has 0 heterocycles. The second-order valence-corrected chi connectivity index (χ2v) is 5.69. The quantitative estimate of drug-likeness (QED) is 0.710. The van der Waals surface area contributed by atoms with Gasteiger partial charge in [0.15, 0.2) is 0 Å². The van der Waals surface area contributed by atoms with E-state index in [0.29, 0.717) is 5.41 Å². The van der Waals surface area contributed by atoms with Crippen LogP contribution in [0.25, 0.3) is 0 Å². The first kappa shape index (κ1) is 12.0. The van der Waals surface area contributed by atoms with Crippen molar-refractivity contribution in [3.63, 3.8) is 0 Å². The van der Waals surface area contributed by atoms with Crippen LogP contribution in [0.3, 0.4) is 0 Å². The monoisotopic (exact) mass is 198 g/mol. The van der Waals surface area contributed by atoms with E-state index in [0.717, 1.165) is 31.5 Å². The maximum Gasteiger partial charge on any atom is 0.00724 e. The van der Waals surface area contributed by atoms with Crippen LogP contribution in [-0.4, -0.2) is 19.1 Å². The molecule has 1 rings (SSSR count). The van der Waals surface area contributed by atoms with E-state index in [2.05, 4.69) is 26.1 Å². The predicted molar refractivity (Wildman–Crippen MR) is 62.3 cm³/mol. The van der Waals surface area contributed by atoms with E-state index in [9.17, 15) is 0 Å². The zero-order valence-electron chi connectivity index (χ0n) is 9.97. The summed E-state index contributed by atoms with van der Waals surface area (Å²) in [6, 6.07) is 0.755. The second kappa shape index (κ2) is 5.13. The molecule has 0 aromatic heterocycles. The molecule has 0 saturated heterocycles. The van der Waals surface area contributed by atoms with E-state index < -0.39 is 0 Å². The Balaban J connectivity index is 2.14. The third-order valence-electron chi connectivity index (χ3n) is 3.38. The third-order valence-corrected chi connectivity index (χ3v) is 3.38. The van der Waals surface area contributed by atoms with Crippen LogP contribution in [-0.2, 0) is 0 Å². The maximum atomic E-state index is 5.53. The standard InChI is InChI=1S/C12H26N2/c1-10(5-7-13)9-14-11-4-6-12(2,3)8-11/h10-11,14H,4-9,13H2,1-3H3. The molecule has 1 saturated carbocycles. The highest BCUT2D eigenvalue weighted by Gasteiger charge is 2.30. The molecule has 84 valence electrons. The van der Waals surface area contributed by atoms with Crippen molar-refractivity contribution in [1.82, 2.24) is 5.32 Å². The van der Waals surface area contributed by atoms with Gasteiger partial charge in [0.2, 0.25) is 0 Å². The van der Waals surface area contributed by atoms with Crippen molar-refractivity contribution in [1.29, 1.82) is 0 Å². The summed E-state index contributed by atoms with van der Waals surface area (Å²) in [6.45, 7) is 8.98. The molecule has 1 fully saturated rings. The highest BCUT2D eigenvalue weighted by Crippen LogP contribution is 2.36. The minimum absolute atomic E-state index is 0.564. The van der Waals surface area contributed by atoms with E-state index in [1.54, 1.807) is 0 Å². The van der Waals surface area contributed by atoms with Gasteiger partial charge in [0.25, 0.3) is 0 Å². The molecular weight excluding hydrogens is 172 g/mol. The summed E-state index contributed by atoms with van der Waals surface area (Å²) in [5, 5.41) is 3.67. The largest absolute Gasteiger partial charge is 0.330 e. The lowest BCUT2D eigenvalue weighted by molar-refractivity contribution is 0.356. The van der Waals surface area contributed by atoms with Gasteiger partial charge in [-0.05, 0) is 50.1 Å². The fourth-order valence-corrected chi connectivity index (χ4v) is 2.36. The fraction of sp³-hybridized carbons (Fsp3) is 1.00. The van der Waals surface area contributed by atoms with Crippen LogP contribution in [0.4, 0.5) is 0 Å². The summed E-state index contributed by atoms with van der Waals surface area (Å²) in [5.74, 6) is 0.726. The Hall–Kier alpha value is -0.0800. The molecule has 1 aliphatic rings. The van der Waals surface area contributed by atoms with Gasteiger partial charge < -0.3 is 11.1 Å². The average molecular weight is 198 g/mol. The van der Waals surface area contributed by atoms with Crippen molar-refractivity contribution >= 4 is 0 Å². The molecule has 0 radical (unpaired) electrons. The topological polar surface area (TPSA) is 38.0 Å². The summed E-state index contributed by atoms with van der Waals surface area (Å²) in [5.41, 5.74) is 6.09. The van der Waals surface area contributed by atoms with Crippen LogP contribution in [0.5, 0.6) is 0 Å². The Morgan fingerprint density at radius 2 is 2.21 bits per heavy atom. The van der Waals surface area contributed by atoms with Crippen molar-refractivity contribution in [3.8, 4) is 0 Å². The predicted octanol–water partition coefficient (Wildman–Crippen LogP) is 2.14. The van der Waals surface area contributed by atoms with Gasteiger partial charge in [-0.1, -0.05) is 20.8 Å². The van der Waals surface area contributed by atoms with Crippen molar-refractivity contribution < 1.29 is 0 Å². The van der Waals surface area contributed by atoms with E-state index >= 15 is 0 Å². The Morgan fingerprint density at radius 3 is 2.71 bits per heavy atom. The van der Waals surface area contributed by atoms with Gasteiger partial charge in [0, 0.05) is 6.04 Å². The van der Waals surface area contributed by atoms with Gasteiger partial charge in [-0.25, -0.2) is 0 Å². The number of hydrogen-bond donors (Lipinski definition) is 2. The molecule has 1 aliphatic carbocycles. The molecule has 0 amide bonds. The maximum absolute atomic E-state index is 5.53. The van der Waals surface area contributed by atoms with Crippen LogP contribution in [0.15, 0.2) is 0 Å². The smallest absolute Gasteiger partial charge is 0.00724 e. The summed E-state index contributed by atoms with van der Waals surface area (Å²) in [6.07, 6.45) is 5.20. The highest BCUT2D eigenvalue weighted by atomic mass is 14.9. The molecule has 3 N–H and O–H groups in total. The van der Waals surface area contributed by atoms with Crippen molar-refractivity contribution in [2.75, 3.05) is 13.1 Å². The van der Waals surface area contributed by atoms with Gasteiger partial charge >= 0.3 is 0 Å². The Morgan fingerprint density at radius 1 is 1.50 bits per heavy atom. The first-order chi connectivity index (χ1) is 6.53. The molecule has 2 nitrogen and oxygen atoms in total. The van der Waals surface area contributed by atoms with Crippen molar-refractivity contribution in [2.24, 2.45) is 17.1 Å². The van der Waals surface area contributed by atoms with Crippen molar-refractivity contribution in [2.45, 2.75) is 52.5 Å². The number of hydrogen-bond acceptors (Lipinski definition) is 2. The highest BCUT2D eigenvalue weighted by molar-refractivity contribution is 4.86. The van der Waals surface area contributed by atoms with Gasteiger partial charge in [0.05, 0.1) is 0 Å². The molecular formula is C12H26N2. The number of nitrogens with one attached hydrogen (secondary N) is 1. The molecule has 0 aromatic rings. The normalized spacial score (nSPS) is 27.9. The molecule has 2 heteroatoms. The zero-order chi connectivity index (χ0) is 10.6. The minimum Gasteiger partial charge on any atom is -0.330 e. The van der Waals surface area contributed by atoms with E-state index in [4.69, 9.17) is 5.73 Å². The second-order valence-electron chi connectivity index (χ2n) is 5.69. The Bertz CT molecular complexity index is 166. The van der Waals surface area contributed by atoms with Crippen LogP contribution < -0.4 is 11.1 Å². The lowest BCUT2D eigenvalue weighted by Gasteiger charge is -2.19. The Kier molecular flexibility index (Phi) is 4.39. The van der Waals surface area contributed by atoms with Crippen LogP contribution in [0.1, 0.15) is 46.5 Å². The lowest BCUT2D eigenvalue weighted by Crippen LogP contribution is -2.32. The summed E-state index contributed by atoms with van der Waals surface area (Å²) < 4.78 is 0. The first-order valence-electron chi connectivity index (χ1n) is 5.97. The molecule has 0 bridgehead atoms. The molecule has 0 aromatic carbocycles. The van der Waals surface area contributed by atoms with E-state index in [1.807, 2.05) is 0 Å². The van der Waals surface area contributed by atoms with Crippen LogP contribution in [0.2, 0.25) is 0 Å². The lowest BCUT2D eigenvalue weighted by atomic mass is 9.92. The number of rotatable bonds is 5. The number of nitrogens with two attached hydrogens (primary N) is 1. The molecule has 0 aliphatic heterocycles. The van der Waals surface area contributed by atoms with Gasteiger partial charge in [0.1, 0.15) is 0 Å². The third kappa shape index (κ3) is 3.97. The van der Waals surface area contributed by atoms with Gasteiger partial charge in [-0.2, -0.15) is 0 Å². The summed E-state index contributed by atoms with van der Waals surface area (Å²) in [7, 11) is 0. The van der Waals surface area contributed by atoms with Gasteiger partial charge in [-0.15, -0.1) is 0 Å². The minimum atomic E-state index is 0.564. The summed E-state index contributed by atoms with van der Waals surface area (Å²) >= 11 is 0. The molecule has 0 spiro atoms. The van der Waals surface area contributed by atoms with E-state index in [-0.39, 0.29) is 0 Å².